The van der Waals surface area contributed by atoms with Gasteiger partial charge in [0, 0.05) is 30.6 Å². The van der Waals surface area contributed by atoms with Crippen LogP contribution in [0.5, 0.6) is 0 Å². The number of carbonyl (C=O) groups is 1. The Kier molecular flexibility index (Phi) is 5.90. The van der Waals surface area contributed by atoms with Gasteiger partial charge in [-0.05, 0) is 52.2 Å². The van der Waals surface area contributed by atoms with Crippen LogP contribution in [0.1, 0.15) is 45.1 Å². The maximum absolute atomic E-state index is 12.5. The van der Waals surface area contributed by atoms with Crippen LogP contribution < -0.4 is 10.9 Å². The number of hydrogen-bond acceptors (Lipinski definition) is 5. The van der Waals surface area contributed by atoms with E-state index in [-0.39, 0.29) is 12.5 Å². The van der Waals surface area contributed by atoms with Crippen molar-refractivity contribution in [2.24, 2.45) is 0 Å². The fraction of sp³-hybridized carbons (Fsp3) is 0.522. The molecule has 1 fully saturated rings. The molecule has 1 aliphatic rings. The SMILES string of the molecule is Cc1ccc2oc(=O)c3cnn(CC(=O)NCCCN4C(C)CCCC4C)c3c2c1. The molecule has 4 rings (SSSR count). The van der Waals surface area contributed by atoms with E-state index in [4.69, 9.17) is 4.42 Å². The molecule has 2 aromatic heterocycles. The Morgan fingerprint density at radius 2 is 2.00 bits per heavy atom. The Morgan fingerprint density at radius 1 is 1.23 bits per heavy atom. The maximum Gasteiger partial charge on any atom is 0.347 e. The van der Waals surface area contributed by atoms with Crippen LogP contribution in [0.3, 0.4) is 0 Å². The van der Waals surface area contributed by atoms with E-state index in [1.807, 2.05) is 19.1 Å². The first-order chi connectivity index (χ1) is 14.4. The normalized spacial score (nSPS) is 20.1. The molecule has 160 valence electrons. The Balaban J connectivity index is 1.42. The van der Waals surface area contributed by atoms with E-state index >= 15 is 0 Å². The number of hydrogen-bond donors (Lipinski definition) is 1. The first-order valence-corrected chi connectivity index (χ1v) is 10.9. The Hall–Kier alpha value is -2.67. The third-order valence-electron chi connectivity index (χ3n) is 6.24. The van der Waals surface area contributed by atoms with Crippen molar-refractivity contribution >= 4 is 27.8 Å². The van der Waals surface area contributed by atoms with Crippen LogP contribution in [-0.2, 0) is 11.3 Å². The summed E-state index contributed by atoms with van der Waals surface area (Å²) in [6, 6.07) is 6.87. The largest absolute Gasteiger partial charge is 0.422 e. The molecule has 3 heterocycles. The zero-order valence-corrected chi connectivity index (χ0v) is 18.0. The summed E-state index contributed by atoms with van der Waals surface area (Å²) in [4.78, 5) is 27.3. The van der Waals surface area contributed by atoms with Gasteiger partial charge >= 0.3 is 5.63 Å². The molecule has 1 aliphatic heterocycles. The monoisotopic (exact) mass is 410 g/mol. The number of benzene rings is 1. The average molecular weight is 411 g/mol. The van der Waals surface area contributed by atoms with Crippen molar-refractivity contribution in [3.05, 3.63) is 40.4 Å². The number of aromatic nitrogens is 2. The van der Waals surface area contributed by atoms with Gasteiger partial charge in [-0.25, -0.2) is 4.79 Å². The van der Waals surface area contributed by atoms with Crippen LogP contribution >= 0.6 is 0 Å². The molecule has 2 unspecified atom stereocenters. The molecule has 7 nitrogen and oxygen atoms in total. The first kappa shape index (κ1) is 20.6. The molecule has 0 saturated carbocycles. The summed E-state index contributed by atoms with van der Waals surface area (Å²) >= 11 is 0. The smallest absolute Gasteiger partial charge is 0.347 e. The van der Waals surface area contributed by atoms with Gasteiger partial charge in [0.2, 0.25) is 5.91 Å². The molecular weight excluding hydrogens is 380 g/mol. The topological polar surface area (TPSA) is 80.4 Å². The van der Waals surface area contributed by atoms with Crippen molar-refractivity contribution in [2.75, 3.05) is 13.1 Å². The summed E-state index contributed by atoms with van der Waals surface area (Å²) < 4.78 is 6.98. The van der Waals surface area contributed by atoms with Crippen LogP contribution in [0.4, 0.5) is 0 Å². The van der Waals surface area contributed by atoms with E-state index in [1.54, 1.807) is 10.7 Å². The third kappa shape index (κ3) is 4.12. The van der Waals surface area contributed by atoms with Crippen LogP contribution in [0, 0.1) is 6.92 Å². The second kappa shape index (κ2) is 8.60. The second-order valence-corrected chi connectivity index (χ2v) is 8.52. The third-order valence-corrected chi connectivity index (χ3v) is 6.24. The van der Waals surface area contributed by atoms with E-state index in [2.05, 4.69) is 29.2 Å². The number of piperidine rings is 1. The number of carbonyl (C=O) groups excluding carboxylic acids is 1. The van der Waals surface area contributed by atoms with Crippen LogP contribution in [0.25, 0.3) is 21.9 Å². The van der Waals surface area contributed by atoms with Crippen molar-refractivity contribution < 1.29 is 9.21 Å². The summed E-state index contributed by atoms with van der Waals surface area (Å²) in [5.74, 6) is -0.103. The molecule has 1 N–H and O–H groups in total. The highest BCUT2D eigenvalue weighted by Gasteiger charge is 2.23. The van der Waals surface area contributed by atoms with Crippen LogP contribution in [-0.4, -0.2) is 45.8 Å². The molecule has 1 saturated heterocycles. The van der Waals surface area contributed by atoms with Crippen molar-refractivity contribution in [2.45, 2.75) is 65.1 Å². The lowest BCUT2D eigenvalue weighted by molar-refractivity contribution is -0.121. The number of amides is 1. The van der Waals surface area contributed by atoms with Crippen molar-refractivity contribution in [3.63, 3.8) is 0 Å². The minimum Gasteiger partial charge on any atom is -0.422 e. The van der Waals surface area contributed by atoms with E-state index in [1.165, 1.54) is 25.5 Å². The molecule has 0 bridgehead atoms. The predicted molar refractivity (Wildman–Crippen MR) is 118 cm³/mol. The first-order valence-electron chi connectivity index (χ1n) is 10.9. The molecule has 0 radical (unpaired) electrons. The fourth-order valence-electron chi connectivity index (χ4n) is 4.61. The van der Waals surface area contributed by atoms with Crippen LogP contribution in [0.2, 0.25) is 0 Å². The quantitative estimate of drug-likeness (QED) is 0.499. The molecule has 3 aromatic rings. The van der Waals surface area contributed by atoms with Gasteiger partial charge in [-0.3, -0.25) is 14.4 Å². The summed E-state index contributed by atoms with van der Waals surface area (Å²) in [6.07, 6.45) is 6.22. The van der Waals surface area contributed by atoms with Gasteiger partial charge in [0.15, 0.2) is 0 Å². The number of nitrogens with one attached hydrogen (secondary N) is 1. The van der Waals surface area contributed by atoms with Gasteiger partial charge in [-0.1, -0.05) is 18.1 Å². The molecule has 1 amide bonds. The zero-order chi connectivity index (χ0) is 21.3. The number of rotatable bonds is 6. The minimum atomic E-state index is -0.433. The summed E-state index contributed by atoms with van der Waals surface area (Å²) in [5, 5.41) is 8.48. The van der Waals surface area contributed by atoms with Gasteiger partial charge in [-0.15, -0.1) is 0 Å². The molecule has 30 heavy (non-hydrogen) atoms. The fourth-order valence-corrected chi connectivity index (χ4v) is 4.61. The molecule has 1 aromatic carbocycles. The molecule has 0 aliphatic carbocycles. The highest BCUT2D eigenvalue weighted by molar-refractivity contribution is 6.02. The molecule has 7 heteroatoms. The lowest BCUT2D eigenvalue weighted by atomic mass is 9.97. The van der Waals surface area contributed by atoms with Crippen molar-refractivity contribution in [3.8, 4) is 0 Å². The Labute approximate surface area is 176 Å². The van der Waals surface area contributed by atoms with Gasteiger partial charge in [0.1, 0.15) is 17.5 Å². The lowest BCUT2D eigenvalue weighted by Gasteiger charge is -2.39. The van der Waals surface area contributed by atoms with Crippen molar-refractivity contribution in [1.29, 1.82) is 0 Å². The standard InChI is InChI=1S/C23H30N4O3/c1-15-8-9-20-18(12-15)22-19(23(29)30-20)13-25-27(22)14-21(28)24-10-5-11-26-16(2)6-4-7-17(26)3/h8-9,12-13,16-17H,4-7,10-11,14H2,1-3H3,(H,24,28). The predicted octanol–water partition coefficient (Wildman–Crippen LogP) is 3.22. The van der Waals surface area contributed by atoms with Crippen LogP contribution in [0.15, 0.2) is 33.6 Å². The zero-order valence-electron chi connectivity index (χ0n) is 18.0. The average Bonchev–Trinajstić information content (AvgIpc) is 3.12. The molecule has 2 atom stereocenters. The minimum absolute atomic E-state index is 0.0759. The Bertz CT molecular complexity index is 1110. The van der Waals surface area contributed by atoms with E-state index in [9.17, 15) is 9.59 Å². The number of likely N-dealkylation sites (tertiary alicyclic amines) is 1. The molecule has 0 spiro atoms. The summed E-state index contributed by atoms with van der Waals surface area (Å²) in [5.41, 5.74) is 1.77. The van der Waals surface area contributed by atoms with Gasteiger partial charge in [0.05, 0.1) is 11.7 Å². The lowest BCUT2D eigenvalue weighted by Crippen LogP contribution is -2.44. The number of fused-ring (bicyclic) bond motifs is 3. The van der Waals surface area contributed by atoms with E-state index in [0.29, 0.717) is 35.1 Å². The second-order valence-electron chi connectivity index (χ2n) is 8.52. The van der Waals surface area contributed by atoms with Gasteiger partial charge < -0.3 is 9.73 Å². The Morgan fingerprint density at radius 3 is 2.77 bits per heavy atom. The highest BCUT2D eigenvalue weighted by Crippen LogP contribution is 2.24. The number of aryl methyl sites for hydroxylation is 1. The van der Waals surface area contributed by atoms with Gasteiger partial charge in [-0.2, -0.15) is 5.10 Å². The van der Waals surface area contributed by atoms with E-state index in [0.717, 1.165) is 23.9 Å². The molecular formula is C23H30N4O3. The summed E-state index contributed by atoms with van der Waals surface area (Å²) in [7, 11) is 0. The summed E-state index contributed by atoms with van der Waals surface area (Å²) in [6.45, 7) is 8.27. The van der Waals surface area contributed by atoms with Crippen molar-refractivity contribution in [1.82, 2.24) is 20.0 Å². The maximum atomic E-state index is 12.5. The van der Waals surface area contributed by atoms with E-state index < -0.39 is 5.63 Å². The highest BCUT2D eigenvalue weighted by atomic mass is 16.4. The number of nitrogens with zero attached hydrogens (tertiary/aromatic N) is 3. The van der Waals surface area contributed by atoms with Gasteiger partial charge in [0.25, 0.3) is 0 Å².